The van der Waals surface area contributed by atoms with Crippen LogP contribution in [0.5, 0.6) is 0 Å². The summed E-state index contributed by atoms with van der Waals surface area (Å²) in [4.78, 5) is 17.5. The molecule has 0 aliphatic carbocycles. The smallest absolute Gasteiger partial charge is 0.347 e. The van der Waals surface area contributed by atoms with Gasteiger partial charge in [0.2, 0.25) is 0 Å². The van der Waals surface area contributed by atoms with Crippen LogP contribution in [0.25, 0.3) is 0 Å². The molecule has 2 heterocycles. The fourth-order valence-electron chi connectivity index (χ4n) is 1.71. The Morgan fingerprint density at radius 1 is 1.57 bits per heavy atom. The van der Waals surface area contributed by atoms with Crippen LogP contribution in [0.15, 0.2) is 5.51 Å². The van der Waals surface area contributed by atoms with Gasteiger partial charge in [0.25, 0.3) is 0 Å². The van der Waals surface area contributed by atoms with Crippen molar-refractivity contribution in [1.29, 1.82) is 0 Å². The van der Waals surface area contributed by atoms with Crippen molar-refractivity contribution in [3.8, 4) is 0 Å². The van der Waals surface area contributed by atoms with Gasteiger partial charge in [0.05, 0.1) is 11.2 Å². The summed E-state index contributed by atoms with van der Waals surface area (Å²) in [5.74, 6) is -0.860. The summed E-state index contributed by atoms with van der Waals surface area (Å²) in [5, 5.41) is 8.88. The largest absolute Gasteiger partial charge is 0.477 e. The van der Waals surface area contributed by atoms with Gasteiger partial charge in [-0.1, -0.05) is 0 Å². The van der Waals surface area contributed by atoms with Crippen LogP contribution in [0.3, 0.4) is 0 Å². The molecule has 0 spiro atoms. The fraction of sp³-hybridized carbons (Fsp3) is 0.556. The molecule has 76 valence electrons. The first-order valence-electron chi connectivity index (χ1n) is 4.65. The van der Waals surface area contributed by atoms with Gasteiger partial charge in [-0.2, -0.15) is 0 Å². The average Bonchev–Trinajstić information content (AvgIpc) is 2.75. The number of rotatable bonds is 3. The quantitative estimate of drug-likeness (QED) is 0.823. The zero-order valence-electron chi connectivity index (χ0n) is 7.77. The first kappa shape index (κ1) is 9.61. The lowest BCUT2D eigenvalue weighted by atomic mass is 10.3. The number of nitrogens with zero attached hydrogens (tertiary/aromatic N) is 2. The second kappa shape index (κ2) is 4.06. The third-order valence-electron chi connectivity index (χ3n) is 2.41. The molecule has 0 aromatic carbocycles. The zero-order chi connectivity index (χ0) is 9.97. The van der Waals surface area contributed by atoms with Gasteiger partial charge in [-0.25, -0.2) is 9.78 Å². The summed E-state index contributed by atoms with van der Waals surface area (Å²) in [6, 6.07) is 0. The number of carboxylic acids is 1. The maximum absolute atomic E-state index is 10.8. The standard InChI is InChI=1S/C9H12N2O2S/c12-9(13)8-7(10-6-14-8)5-11-3-1-2-4-11/h6H,1-5H2,(H,12,13). The van der Waals surface area contributed by atoms with Crippen molar-refractivity contribution in [3.05, 3.63) is 16.1 Å². The maximum Gasteiger partial charge on any atom is 0.347 e. The van der Waals surface area contributed by atoms with Crippen LogP contribution < -0.4 is 0 Å². The fourth-order valence-corrected chi connectivity index (χ4v) is 2.35. The Hall–Kier alpha value is -0.940. The summed E-state index contributed by atoms with van der Waals surface area (Å²) in [7, 11) is 0. The minimum atomic E-state index is -0.860. The van der Waals surface area contributed by atoms with Crippen LogP contribution >= 0.6 is 11.3 Å². The molecule has 1 aromatic heterocycles. The van der Waals surface area contributed by atoms with E-state index in [9.17, 15) is 4.79 Å². The Kier molecular flexibility index (Phi) is 2.79. The van der Waals surface area contributed by atoms with Crippen molar-refractivity contribution in [2.45, 2.75) is 19.4 Å². The topological polar surface area (TPSA) is 53.4 Å². The van der Waals surface area contributed by atoms with Crippen LogP contribution in [-0.2, 0) is 6.54 Å². The molecule has 1 saturated heterocycles. The predicted octanol–water partition coefficient (Wildman–Crippen LogP) is 1.44. The average molecular weight is 212 g/mol. The molecule has 5 heteroatoms. The van der Waals surface area contributed by atoms with Crippen molar-refractivity contribution < 1.29 is 9.90 Å². The zero-order valence-corrected chi connectivity index (χ0v) is 8.59. The first-order valence-corrected chi connectivity index (χ1v) is 5.53. The molecular weight excluding hydrogens is 200 g/mol. The predicted molar refractivity (Wildman–Crippen MR) is 53.6 cm³/mol. The van der Waals surface area contributed by atoms with Gasteiger partial charge in [0, 0.05) is 6.54 Å². The first-order chi connectivity index (χ1) is 6.77. The second-order valence-electron chi connectivity index (χ2n) is 3.42. The molecule has 1 aliphatic rings. The van der Waals surface area contributed by atoms with E-state index in [0.717, 1.165) is 13.1 Å². The minimum Gasteiger partial charge on any atom is -0.477 e. The number of carbonyl (C=O) groups is 1. The number of likely N-dealkylation sites (tertiary alicyclic amines) is 1. The van der Waals surface area contributed by atoms with E-state index in [4.69, 9.17) is 5.11 Å². The Bertz CT molecular complexity index is 331. The van der Waals surface area contributed by atoms with Gasteiger partial charge >= 0.3 is 5.97 Å². The Balaban J connectivity index is 2.07. The highest BCUT2D eigenvalue weighted by Gasteiger charge is 2.18. The molecule has 1 aliphatic heterocycles. The van der Waals surface area contributed by atoms with Crippen molar-refractivity contribution in [2.75, 3.05) is 13.1 Å². The lowest BCUT2D eigenvalue weighted by Gasteiger charge is -2.12. The Morgan fingerprint density at radius 3 is 2.93 bits per heavy atom. The van der Waals surface area contributed by atoms with E-state index in [1.54, 1.807) is 5.51 Å². The molecule has 0 bridgehead atoms. The van der Waals surface area contributed by atoms with Gasteiger partial charge in [-0.15, -0.1) is 11.3 Å². The van der Waals surface area contributed by atoms with Crippen molar-refractivity contribution in [3.63, 3.8) is 0 Å². The van der Waals surface area contributed by atoms with Crippen molar-refractivity contribution in [1.82, 2.24) is 9.88 Å². The molecule has 0 saturated carbocycles. The molecule has 0 unspecified atom stereocenters. The molecule has 0 amide bonds. The monoisotopic (exact) mass is 212 g/mol. The molecule has 1 N–H and O–H groups in total. The molecule has 1 fully saturated rings. The Morgan fingerprint density at radius 2 is 2.29 bits per heavy atom. The van der Waals surface area contributed by atoms with E-state index in [0.29, 0.717) is 17.1 Å². The number of thiazole rings is 1. The van der Waals surface area contributed by atoms with E-state index in [1.165, 1.54) is 24.2 Å². The van der Waals surface area contributed by atoms with E-state index >= 15 is 0 Å². The van der Waals surface area contributed by atoms with Crippen LogP contribution in [0.4, 0.5) is 0 Å². The van der Waals surface area contributed by atoms with Crippen LogP contribution in [0.1, 0.15) is 28.2 Å². The van der Waals surface area contributed by atoms with Gasteiger partial charge in [0.1, 0.15) is 4.88 Å². The number of hydrogen-bond acceptors (Lipinski definition) is 4. The van der Waals surface area contributed by atoms with E-state index in [-0.39, 0.29) is 0 Å². The highest BCUT2D eigenvalue weighted by atomic mass is 32.1. The highest BCUT2D eigenvalue weighted by molar-refractivity contribution is 7.11. The summed E-state index contributed by atoms with van der Waals surface area (Å²) < 4.78 is 0. The number of aromatic carboxylic acids is 1. The van der Waals surface area contributed by atoms with Gasteiger partial charge in [-0.05, 0) is 25.9 Å². The van der Waals surface area contributed by atoms with Gasteiger partial charge in [-0.3, -0.25) is 4.90 Å². The SMILES string of the molecule is O=C(O)c1scnc1CN1CCCC1. The number of aromatic nitrogens is 1. The van der Waals surface area contributed by atoms with Crippen molar-refractivity contribution in [2.24, 2.45) is 0 Å². The molecule has 14 heavy (non-hydrogen) atoms. The minimum absolute atomic E-state index is 0.386. The lowest BCUT2D eigenvalue weighted by molar-refractivity contribution is 0.0699. The molecular formula is C9H12N2O2S. The van der Waals surface area contributed by atoms with Crippen LogP contribution in [0.2, 0.25) is 0 Å². The lowest BCUT2D eigenvalue weighted by Crippen LogP contribution is -2.19. The molecule has 0 radical (unpaired) electrons. The summed E-state index contributed by atoms with van der Waals surface area (Å²) in [6.07, 6.45) is 2.43. The maximum atomic E-state index is 10.8. The van der Waals surface area contributed by atoms with Crippen LogP contribution in [0, 0.1) is 0 Å². The second-order valence-corrected chi connectivity index (χ2v) is 4.27. The van der Waals surface area contributed by atoms with E-state index < -0.39 is 5.97 Å². The third-order valence-corrected chi connectivity index (χ3v) is 3.26. The van der Waals surface area contributed by atoms with Crippen LogP contribution in [-0.4, -0.2) is 34.0 Å². The number of hydrogen-bond donors (Lipinski definition) is 1. The Labute approximate surface area is 86.2 Å². The highest BCUT2D eigenvalue weighted by Crippen LogP contribution is 2.17. The van der Waals surface area contributed by atoms with Gasteiger partial charge in [0.15, 0.2) is 0 Å². The molecule has 0 atom stereocenters. The normalized spacial score (nSPS) is 17.4. The molecule has 1 aromatic rings. The summed E-state index contributed by atoms with van der Waals surface area (Å²) in [6.45, 7) is 2.82. The number of carboxylic acid groups (broad SMARTS) is 1. The molecule has 4 nitrogen and oxygen atoms in total. The third kappa shape index (κ3) is 1.93. The summed E-state index contributed by atoms with van der Waals surface area (Å²) >= 11 is 1.20. The van der Waals surface area contributed by atoms with Gasteiger partial charge < -0.3 is 5.11 Å². The molecule has 2 rings (SSSR count). The summed E-state index contributed by atoms with van der Waals surface area (Å²) in [5.41, 5.74) is 2.32. The van der Waals surface area contributed by atoms with E-state index in [1.807, 2.05) is 0 Å². The van der Waals surface area contributed by atoms with E-state index in [2.05, 4.69) is 9.88 Å². The van der Waals surface area contributed by atoms with Crippen molar-refractivity contribution >= 4 is 17.3 Å².